The Kier molecular flexibility index (Phi) is 3.81. The van der Waals surface area contributed by atoms with Gasteiger partial charge < -0.3 is 4.74 Å². The van der Waals surface area contributed by atoms with E-state index in [0.717, 1.165) is 6.08 Å². The molecule has 0 aliphatic rings. The normalized spacial score (nSPS) is 11.6. The maximum absolute atomic E-state index is 10.8. The summed E-state index contributed by atoms with van der Waals surface area (Å²) in [5, 5.41) is 0. The predicted molar refractivity (Wildman–Crippen MR) is 57.3 cm³/mol. The first-order valence-electron chi connectivity index (χ1n) is 4.27. The third-order valence-electron chi connectivity index (χ3n) is 1.77. The van der Waals surface area contributed by atoms with Crippen molar-refractivity contribution in [2.24, 2.45) is 0 Å². The van der Waals surface area contributed by atoms with Crippen molar-refractivity contribution in [3.05, 3.63) is 35.9 Å². The summed E-state index contributed by atoms with van der Waals surface area (Å²) in [5.74, 6) is -0.544. The Hall–Kier alpha value is -1.66. The number of ether oxygens (including phenoxy) is 1. The summed E-state index contributed by atoms with van der Waals surface area (Å²) >= 11 is 0. The van der Waals surface area contributed by atoms with Crippen LogP contribution in [0.5, 0.6) is 0 Å². The van der Waals surface area contributed by atoms with Crippen LogP contribution in [0, 0.1) is 0 Å². The van der Waals surface area contributed by atoms with Gasteiger partial charge in [-0.05, 0) is 23.8 Å². The topological polar surface area (TPSA) is 80.7 Å². The smallest absolute Gasteiger partial charge is 0.330 e. The second-order valence-electron chi connectivity index (χ2n) is 2.90. The molecule has 0 spiro atoms. The van der Waals surface area contributed by atoms with Gasteiger partial charge in [-0.25, -0.2) is 4.79 Å². The van der Waals surface area contributed by atoms with E-state index >= 15 is 0 Å². The van der Waals surface area contributed by atoms with Gasteiger partial charge in [-0.1, -0.05) is 12.1 Å². The van der Waals surface area contributed by atoms with Gasteiger partial charge in [-0.3, -0.25) is 4.55 Å². The molecule has 0 atom stereocenters. The van der Waals surface area contributed by atoms with E-state index in [1.54, 1.807) is 6.07 Å². The molecule has 1 aromatic carbocycles. The molecule has 0 radical (unpaired) electrons. The van der Waals surface area contributed by atoms with Gasteiger partial charge in [0.25, 0.3) is 10.1 Å². The molecule has 0 amide bonds. The Morgan fingerprint density at radius 3 is 2.69 bits per heavy atom. The Morgan fingerprint density at radius 1 is 1.44 bits per heavy atom. The van der Waals surface area contributed by atoms with Gasteiger partial charge >= 0.3 is 5.97 Å². The van der Waals surface area contributed by atoms with Crippen LogP contribution >= 0.6 is 0 Å². The highest BCUT2D eigenvalue weighted by atomic mass is 32.2. The number of hydrogen-bond donors (Lipinski definition) is 1. The summed E-state index contributed by atoms with van der Waals surface area (Å²) in [7, 11) is -2.98. The maximum Gasteiger partial charge on any atom is 0.330 e. The first-order chi connectivity index (χ1) is 7.43. The van der Waals surface area contributed by atoms with Crippen LogP contribution in [0.1, 0.15) is 5.56 Å². The molecular formula is C10H10O5S. The van der Waals surface area contributed by atoms with E-state index in [4.69, 9.17) is 4.55 Å². The number of rotatable bonds is 3. The zero-order chi connectivity index (χ0) is 12.2. The quantitative estimate of drug-likeness (QED) is 0.488. The van der Waals surface area contributed by atoms with Gasteiger partial charge in [0.15, 0.2) is 0 Å². The minimum atomic E-state index is -4.22. The Morgan fingerprint density at radius 2 is 2.12 bits per heavy atom. The number of esters is 1. The fourth-order valence-corrected chi connectivity index (χ4v) is 1.55. The van der Waals surface area contributed by atoms with Crippen LogP contribution in [0.15, 0.2) is 35.2 Å². The number of carbonyl (C=O) groups excluding carboxylic acids is 1. The fraction of sp³-hybridized carbons (Fsp3) is 0.100. The van der Waals surface area contributed by atoms with Gasteiger partial charge in [0.05, 0.1) is 12.0 Å². The van der Waals surface area contributed by atoms with Crippen molar-refractivity contribution in [3.63, 3.8) is 0 Å². The van der Waals surface area contributed by atoms with Gasteiger partial charge in [0.2, 0.25) is 0 Å². The van der Waals surface area contributed by atoms with Crippen molar-refractivity contribution in [1.82, 2.24) is 0 Å². The van der Waals surface area contributed by atoms with E-state index < -0.39 is 16.1 Å². The highest BCUT2D eigenvalue weighted by molar-refractivity contribution is 7.85. The summed E-state index contributed by atoms with van der Waals surface area (Å²) in [6, 6.07) is 5.55. The summed E-state index contributed by atoms with van der Waals surface area (Å²) in [5.41, 5.74) is 0.473. The van der Waals surface area contributed by atoms with Crippen molar-refractivity contribution in [2.75, 3.05) is 7.11 Å². The first-order valence-corrected chi connectivity index (χ1v) is 5.71. The van der Waals surface area contributed by atoms with Gasteiger partial charge in [0, 0.05) is 6.08 Å². The van der Waals surface area contributed by atoms with E-state index in [-0.39, 0.29) is 4.90 Å². The summed E-state index contributed by atoms with van der Waals surface area (Å²) < 4.78 is 34.8. The molecule has 6 heteroatoms. The molecule has 0 aromatic heterocycles. The summed E-state index contributed by atoms with van der Waals surface area (Å²) in [6.07, 6.45) is 2.55. The Balaban J connectivity index is 3.01. The van der Waals surface area contributed by atoms with E-state index in [0.29, 0.717) is 5.56 Å². The van der Waals surface area contributed by atoms with Gasteiger partial charge in [-0.2, -0.15) is 8.42 Å². The van der Waals surface area contributed by atoms with Crippen molar-refractivity contribution in [3.8, 4) is 0 Å². The average molecular weight is 242 g/mol. The number of benzene rings is 1. The molecule has 1 aromatic rings. The van der Waals surface area contributed by atoms with Crippen molar-refractivity contribution < 1.29 is 22.5 Å². The van der Waals surface area contributed by atoms with Crippen molar-refractivity contribution in [1.29, 1.82) is 0 Å². The zero-order valence-electron chi connectivity index (χ0n) is 8.45. The first kappa shape index (κ1) is 12.4. The van der Waals surface area contributed by atoms with Gasteiger partial charge in [-0.15, -0.1) is 0 Å². The number of carbonyl (C=O) groups is 1. The van der Waals surface area contributed by atoms with E-state index in [2.05, 4.69) is 4.74 Å². The Bertz CT molecular complexity index is 516. The minimum Gasteiger partial charge on any atom is -0.466 e. The molecule has 0 saturated heterocycles. The van der Waals surface area contributed by atoms with Crippen LogP contribution < -0.4 is 0 Å². The van der Waals surface area contributed by atoms with E-state index in [1.807, 2.05) is 0 Å². The molecule has 5 nitrogen and oxygen atoms in total. The fourth-order valence-electron chi connectivity index (χ4n) is 1.01. The third kappa shape index (κ3) is 3.48. The van der Waals surface area contributed by atoms with E-state index in [1.165, 1.54) is 31.4 Å². The molecule has 0 aliphatic carbocycles. The summed E-state index contributed by atoms with van der Waals surface area (Å²) in [6.45, 7) is 0. The van der Waals surface area contributed by atoms with Gasteiger partial charge in [0.1, 0.15) is 0 Å². The largest absolute Gasteiger partial charge is 0.466 e. The maximum atomic E-state index is 10.8. The van der Waals surface area contributed by atoms with Crippen molar-refractivity contribution >= 4 is 22.2 Å². The van der Waals surface area contributed by atoms with Crippen LogP contribution in [-0.4, -0.2) is 26.0 Å². The molecule has 0 saturated carbocycles. The van der Waals surface area contributed by atoms with Crippen molar-refractivity contribution in [2.45, 2.75) is 4.90 Å². The predicted octanol–water partition coefficient (Wildman–Crippen LogP) is 1.12. The zero-order valence-corrected chi connectivity index (χ0v) is 9.27. The molecule has 1 rings (SSSR count). The van der Waals surface area contributed by atoms with Crippen LogP contribution in [0.3, 0.4) is 0 Å². The molecule has 0 heterocycles. The highest BCUT2D eigenvalue weighted by Gasteiger charge is 2.08. The van der Waals surface area contributed by atoms with Crippen LogP contribution in [-0.2, 0) is 19.6 Å². The second-order valence-corrected chi connectivity index (χ2v) is 4.33. The standard InChI is InChI=1S/C10H10O5S/c1-15-10(11)6-5-8-3-2-4-9(7-8)16(12,13)14/h2-7H,1H3,(H,12,13,14)/b6-5+. The number of methoxy groups -OCH3 is 1. The molecule has 86 valence electrons. The van der Waals surface area contributed by atoms with E-state index in [9.17, 15) is 13.2 Å². The minimum absolute atomic E-state index is 0.223. The molecule has 1 N–H and O–H groups in total. The molecular weight excluding hydrogens is 232 g/mol. The molecule has 0 fully saturated rings. The summed E-state index contributed by atoms with van der Waals surface area (Å²) in [4.78, 5) is 10.6. The monoisotopic (exact) mass is 242 g/mol. The lowest BCUT2D eigenvalue weighted by Crippen LogP contribution is -1.98. The third-order valence-corrected chi connectivity index (χ3v) is 2.62. The van der Waals surface area contributed by atoms with Crippen LogP contribution in [0.4, 0.5) is 0 Å². The lowest BCUT2D eigenvalue weighted by Gasteiger charge is -1.98. The highest BCUT2D eigenvalue weighted by Crippen LogP contribution is 2.12. The number of hydrogen-bond acceptors (Lipinski definition) is 4. The molecule has 16 heavy (non-hydrogen) atoms. The lowest BCUT2D eigenvalue weighted by atomic mass is 10.2. The Labute approximate surface area is 93.1 Å². The second kappa shape index (κ2) is 4.91. The lowest BCUT2D eigenvalue weighted by molar-refractivity contribution is -0.134. The molecule has 0 unspecified atom stereocenters. The molecule has 0 aliphatic heterocycles. The average Bonchev–Trinajstić information content (AvgIpc) is 2.25. The van der Waals surface area contributed by atoms with Crippen LogP contribution in [0.25, 0.3) is 6.08 Å². The molecule has 0 bridgehead atoms. The van der Waals surface area contributed by atoms with Crippen LogP contribution in [0.2, 0.25) is 0 Å². The SMILES string of the molecule is COC(=O)/C=C/c1cccc(S(=O)(=O)O)c1.